The molecular weight excluding hydrogens is 280 g/mol. The minimum atomic E-state index is -0.769. The number of carboxylic acids is 1. The Bertz CT molecular complexity index is 734. The number of rotatable bonds is 3. The van der Waals surface area contributed by atoms with Gasteiger partial charge in [-0.15, -0.1) is 0 Å². The molecule has 3 rings (SSSR count). The van der Waals surface area contributed by atoms with Gasteiger partial charge in [0.2, 0.25) is 0 Å². The molecule has 0 unspecified atom stereocenters. The summed E-state index contributed by atoms with van der Waals surface area (Å²) < 4.78 is 1.58. The fourth-order valence-electron chi connectivity index (χ4n) is 3.49. The van der Waals surface area contributed by atoms with Gasteiger partial charge in [0.05, 0.1) is 11.1 Å². The normalized spacial score (nSPS) is 17.3. The molecule has 1 fully saturated rings. The van der Waals surface area contributed by atoms with Crippen molar-refractivity contribution in [2.24, 2.45) is 0 Å². The monoisotopic (exact) mass is 300 g/mol. The van der Waals surface area contributed by atoms with Crippen molar-refractivity contribution < 1.29 is 9.90 Å². The Labute approximate surface area is 128 Å². The van der Waals surface area contributed by atoms with E-state index in [0.29, 0.717) is 12.8 Å². The van der Waals surface area contributed by atoms with Gasteiger partial charge in [-0.2, -0.15) is 0 Å². The van der Waals surface area contributed by atoms with Gasteiger partial charge in [0.25, 0.3) is 0 Å². The van der Waals surface area contributed by atoms with Crippen LogP contribution in [0.3, 0.4) is 0 Å². The zero-order valence-corrected chi connectivity index (χ0v) is 12.6. The van der Waals surface area contributed by atoms with Gasteiger partial charge in [0.15, 0.2) is 0 Å². The third kappa shape index (κ3) is 2.26. The highest BCUT2D eigenvalue weighted by Crippen LogP contribution is 2.39. The van der Waals surface area contributed by atoms with Crippen LogP contribution in [0.15, 0.2) is 35.3 Å². The SMILES string of the molecule is Cc1c[nH]c(=O)n1-c1ccc(C2(C(=O)O)CCCCC2)cc1. The van der Waals surface area contributed by atoms with Crippen molar-refractivity contribution in [2.75, 3.05) is 0 Å². The summed E-state index contributed by atoms with van der Waals surface area (Å²) in [7, 11) is 0. The lowest BCUT2D eigenvalue weighted by molar-refractivity contribution is -0.145. The van der Waals surface area contributed by atoms with Gasteiger partial charge in [-0.3, -0.25) is 9.36 Å². The van der Waals surface area contributed by atoms with Gasteiger partial charge >= 0.3 is 11.7 Å². The van der Waals surface area contributed by atoms with Gasteiger partial charge in [-0.1, -0.05) is 31.4 Å². The minimum absolute atomic E-state index is 0.184. The van der Waals surface area contributed by atoms with Crippen LogP contribution in [0.25, 0.3) is 5.69 Å². The molecular formula is C17H20N2O3. The van der Waals surface area contributed by atoms with Crippen LogP contribution in [0.1, 0.15) is 43.4 Å². The average molecular weight is 300 g/mol. The molecule has 1 aliphatic carbocycles. The molecule has 5 heteroatoms. The molecule has 0 atom stereocenters. The standard InChI is InChI=1S/C17H20N2O3/c1-12-11-18-16(22)19(12)14-7-5-13(6-8-14)17(15(20)21)9-3-2-4-10-17/h5-8,11H,2-4,9-10H2,1H3,(H,18,22)(H,20,21). The minimum Gasteiger partial charge on any atom is -0.481 e. The number of hydrogen-bond donors (Lipinski definition) is 2. The van der Waals surface area contributed by atoms with Gasteiger partial charge in [-0.25, -0.2) is 4.79 Å². The lowest BCUT2D eigenvalue weighted by Gasteiger charge is -2.33. The van der Waals surface area contributed by atoms with Crippen LogP contribution in [0.2, 0.25) is 0 Å². The van der Waals surface area contributed by atoms with Crippen molar-refractivity contribution >= 4 is 5.97 Å². The number of carbonyl (C=O) groups is 1. The maximum atomic E-state index is 11.8. The molecule has 1 heterocycles. The molecule has 2 aromatic rings. The number of aliphatic carboxylic acids is 1. The third-order valence-electron chi connectivity index (χ3n) is 4.75. The summed E-state index contributed by atoms with van der Waals surface area (Å²) in [6, 6.07) is 7.37. The Kier molecular flexibility index (Phi) is 3.64. The van der Waals surface area contributed by atoms with E-state index in [4.69, 9.17) is 0 Å². The molecule has 1 saturated carbocycles. The summed E-state index contributed by atoms with van der Waals surface area (Å²) in [6.07, 6.45) is 6.03. The Balaban J connectivity index is 2.00. The van der Waals surface area contributed by atoms with Crippen LogP contribution in [-0.4, -0.2) is 20.6 Å². The summed E-state index contributed by atoms with van der Waals surface area (Å²) in [4.78, 5) is 26.3. The first-order valence-electron chi connectivity index (χ1n) is 7.66. The molecule has 1 aromatic heterocycles. The van der Waals surface area contributed by atoms with Crippen LogP contribution < -0.4 is 5.69 Å². The van der Waals surface area contributed by atoms with Gasteiger partial charge in [0.1, 0.15) is 0 Å². The maximum absolute atomic E-state index is 11.8. The van der Waals surface area contributed by atoms with E-state index >= 15 is 0 Å². The number of nitrogens with one attached hydrogen (secondary N) is 1. The Hall–Kier alpha value is -2.30. The van der Waals surface area contributed by atoms with Crippen molar-refractivity contribution in [3.8, 4) is 5.69 Å². The maximum Gasteiger partial charge on any atom is 0.330 e. The number of carboxylic acid groups (broad SMARTS) is 1. The lowest BCUT2D eigenvalue weighted by atomic mass is 9.69. The van der Waals surface area contributed by atoms with Crippen LogP contribution >= 0.6 is 0 Å². The van der Waals surface area contributed by atoms with E-state index < -0.39 is 11.4 Å². The molecule has 116 valence electrons. The van der Waals surface area contributed by atoms with E-state index in [1.54, 1.807) is 10.8 Å². The smallest absolute Gasteiger partial charge is 0.330 e. The number of benzene rings is 1. The molecule has 0 radical (unpaired) electrons. The van der Waals surface area contributed by atoms with Crippen molar-refractivity contribution in [3.05, 3.63) is 52.2 Å². The fraction of sp³-hybridized carbons (Fsp3) is 0.412. The molecule has 2 N–H and O–H groups in total. The first-order chi connectivity index (χ1) is 10.5. The van der Waals surface area contributed by atoms with Crippen LogP contribution in [0, 0.1) is 6.92 Å². The number of aromatic nitrogens is 2. The van der Waals surface area contributed by atoms with Crippen LogP contribution in [-0.2, 0) is 10.2 Å². The average Bonchev–Trinajstić information content (AvgIpc) is 2.87. The number of nitrogens with zero attached hydrogens (tertiary/aromatic N) is 1. The Morgan fingerprint density at radius 1 is 1.18 bits per heavy atom. The molecule has 0 aliphatic heterocycles. The summed E-state index contributed by atoms with van der Waals surface area (Å²) in [6.45, 7) is 1.85. The number of aryl methyl sites for hydroxylation is 1. The summed E-state index contributed by atoms with van der Waals surface area (Å²) >= 11 is 0. The van der Waals surface area contributed by atoms with E-state index in [2.05, 4.69) is 4.98 Å². The molecule has 1 aromatic carbocycles. The predicted molar refractivity (Wildman–Crippen MR) is 83.5 cm³/mol. The summed E-state index contributed by atoms with van der Waals surface area (Å²) in [5.41, 5.74) is 1.46. The first kappa shape index (κ1) is 14.6. The zero-order chi connectivity index (χ0) is 15.7. The number of hydrogen-bond acceptors (Lipinski definition) is 2. The molecule has 5 nitrogen and oxygen atoms in total. The molecule has 22 heavy (non-hydrogen) atoms. The summed E-state index contributed by atoms with van der Waals surface area (Å²) in [5, 5.41) is 9.72. The van der Waals surface area contributed by atoms with Crippen molar-refractivity contribution in [1.29, 1.82) is 0 Å². The first-order valence-corrected chi connectivity index (χ1v) is 7.66. The van der Waals surface area contributed by atoms with E-state index in [9.17, 15) is 14.7 Å². The number of H-pyrrole nitrogens is 1. The Morgan fingerprint density at radius 2 is 1.82 bits per heavy atom. The Morgan fingerprint density at radius 3 is 2.32 bits per heavy atom. The zero-order valence-electron chi connectivity index (χ0n) is 12.6. The second-order valence-corrected chi connectivity index (χ2v) is 6.07. The highest BCUT2D eigenvalue weighted by Gasteiger charge is 2.41. The van der Waals surface area contributed by atoms with E-state index in [1.165, 1.54) is 0 Å². The lowest BCUT2D eigenvalue weighted by Crippen LogP contribution is -2.37. The van der Waals surface area contributed by atoms with E-state index in [0.717, 1.165) is 36.2 Å². The van der Waals surface area contributed by atoms with E-state index in [1.807, 2.05) is 31.2 Å². The topological polar surface area (TPSA) is 75.1 Å². The van der Waals surface area contributed by atoms with Gasteiger partial charge in [-0.05, 0) is 37.5 Å². The molecule has 0 amide bonds. The van der Waals surface area contributed by atoms with Gasteiger partial charge in [0, 0.05) is 11.9 Å². The quantitative estimate of drug-likeness (QED) is 0.915. The largest absolute Gasteiger partial charge is 0.481 e. The second kappa shape index (κ2) is 5.48. The second-order valence-electron chi connectivity index (χ2n) is 6.07. The molecule has 0 saturated heterocycles. The molecule has 1 aliphatic rings. The van der Waals surface area contributed by atoms with Crippen LogP contribution in [0.5, 0.6) is 0 Å². The van der Waals surface area contributed by atoms with E-state index in [-0.39, 0.29) is 5.69 Å². The van der Waals surface area contributed by atoms with Crippen molar-refractivity contribution in [2.45, 2.75) is 44.4 Å². The number of aromatic amines is 1. The molecule has 0 spiro atoms. The highest BCUT2D eigenvalue weighted by molar-refractivity contribution is 5.81. The number of imidazole rings is 1. The fourth-order valence-corrected chi connectivity index (χ4v) is 3.49. The van der Waals surface area contributed by atoms with Crippen molar-refractivity contribution in [3.63, 3.8) is 0 Å². The summed E-state index contributed by atoms with van der Waals surface area (Å²) in [5.74, 6) is -0.741. The highest BCUT2D eigenvalue weighted by atomic mass is 16.4. The third-order valence-corrected chi connectivity index (χ3v) is 4.75. The van der Waals surface area contributed by atoms with Crippen LogP contribution in [0.4, 0.5) is 0 Å². The van der Waals surface area contributed by atoms with Crippen molar-refractivity contribution in [1.82, 2.24) is 9.55 Å². The van der Waals surface area contributed by atoms with Gasteiger partial charge < -0.3 is 10.1 Å². The molecule has 0 bridgehead atoms. The predicted octanol–water partition coefficient (Wildman–Crippen LogP) is 2.76.